The number of alkyl halides is 1. The molecular weight excluding hydrogens is 228 g/mol. The highest BCUT2D eigenvalue weighted by Crippen LogP contribution is 2.26. The summed E-state index contributed by atoms with van der Waals surface area (Å²) < 4.78 is 0. The molecule has 0 bridgehead atoms. The van der Waals surface area contributed by atoms with Crippen molar-refractivity contribution in [3.8, 4) is 0 Å². The molecule has 0 spiro atoms. The molecule has 0 radical (unpaired) electrons. The Balaban J connectivity index is 2.74. The second-order valence-corrected chi connectivity index (χ2v) is 4.24. The Bertz CT molecular complexity index is 286. The van der Waals surface area contributed by atoms with Crippen molar-refractivity contribution in [1.82, 2.24) is 0 Å². The smallest absolute Gasteiger partial charge is 0.152 e. The van der Waals surface area contributed by atoms with E-state index in [2.05, 4.69) is 28.9 Å². The molecule has 0 saturated carbocycles. The largest absolute Gasteiger partial charge is 0.295 e. The van der Waals surface area contributed by atoms with Crippen LogP contribution in [0.5, 0.6) is 0 Å². The Morgan fingerprint density at radius 3 is 2.92 bits per heavy atom. The summed E-state index contributed by atoms with van der Waals surface area (Å²) in [6, 6.07) is 0. The molecule has 0 N–H and O–H groups in total. The van der Waals surface area contributed by atoms with E-state index in [9.17, 15) is 4.79 Å². The van der Waals surface area contributed by atoms with Gasteiger partial charge in [0.1, 0.15) is 0 Å². The number of allylic oxidation sites excluding steroid dienone is 6. The third-order valence-electron chi connectivity index (χ3n) is 1.99. The number of rotatable bonds is 2. The van der Waals surface area contributed by atoms with Gasteiger partial charge in [-0.1, -0.05) is 47.2 Å². The van der Waals surface area contributed by atoms with Gasteiger partial charge in [0.05, 0.1) is 0 Å². The third-order valence-corrected chi connectivity index (χ3v) is 3.36. The van der Waals surface area contributed by atoms with Gasteiger partial charge in [-0.25, -0.2) is 0 Å². The molecule has 1 rings (SSSR count). The first-order chi connectivity index (χ1) is 6.11. The molecule has 2 unspecified atom stereocenters. The van der Waals surface area contributed by atoms with Gasteiger partial charge in [-0.05, 0) is 24.5 Å². The first-order valence-electron chi connectivity index (χ1n) is 4.32. The Morgan fingerprint density at radius 1 is 1.62 bits per heavy atom. The van der Waals surface area contributed by atoms with Crippen molar-refractivity contribution < 1.29 is 4.79 Å². The van der Waals surface area contributed by atoms with Crippen LogP contribution in [0.1, 0.15) is 13.8 Å². The molecule has 70 valence electrons. The van der Waals surface area contributed by atoms with Crippen molar-refractivity contribution in [3.63, 3.8) is 0 Å². The lowest BCUT2D eigenvalue weighted by Gasteiger charge is -2.19. The van der Waals surface area contributed by atoms with Crippen molar-refractivity contribution in [2.24, 2.45) is 5.92 Å². The minimum absolute atomic E-state index is 0.0859. The SMILES string of the molecule is CC(=O)/C=C/C1=CC=CC(C)C1Br. The maximum absolute atomic E-state index is 10.7. The van der Waals surface area contributed by atoms with Crippen LogP contribution in [0.4, 0.5) is 0 Å². The minimum atomic E-state index is 0.0859. The molecular formula is C11H13BrO. The molecule has 0 aliphatic heterocycles. The van der Waals surface area contributed by atoms with E-state index in [4.69, 9.17) is 0 Å². The van der Waals surface area contributed by atoms with Gasteiger partial charge in [0.15, 0.2) is 5.78 Å². The summed E-state index contributed by atoms with van der Waals surface area (Å²) in [6.45, 7) is 3.70. The lowest BCUT2D eigenvalue weighted by molar-refractivity contribution is -0.112. The molecule has 1 aliphatic carbocycles. The molecule has 0 fully saturated rings. The van der Waals surface area contributed by atoms with Crippen LogP contribution in [0.3, 0.4) is 0 Å². The second-order valence-electron chi connectivity index (χ2n) is 3.26. The summed E-state index contributed by atoms with van der Waals surface area (Å²) >= 11 is 3.59. The Morgan fingerprint density at radius 2 is 2.31 bits per heavy atom. The maximum Gasteiger partial charge on any atom is 0.152 e. The third kappa shape index (κ3) is 2.96. The average molecular weight is 241 g/mol. The summed E-state index contributed by atoms with van der Waals surface area (Å²) in [5, 5.41) is 0. The lowest BCUT2D eigenvalue weighted by atomic mass is 9.95. The molecule has 2 atom stereocenters. The number of carbonyl (C=O) groups is 1. The first-order valence-corrected chi connectivity index (χ1v) is 5.24. The van der Waals surface area contributed by atoms with Gasteiger partial charge in [0.25, 0.3) is 0 Å². The van der Waals surface area contributed by atoms with Gasteiger partial charge in [-0.15, -0.1) is 0 Å². The Kier molecular flexibility index (Phi) is 3.67. The topological polar surface area (TPSA) is 17.1 Å². The summed E-state index contributed by atoms with van der Waals surface area (Å²) in [4.78, 5) is 11.1. The van der Waals surface area contributed by atoms with Crippen molar-refractivity contribution in [2.45, 2.75) is 18.7 Å². The van der Waals surface area contributed by atoms with E-state index in [-0.39, 0.29) is 5.78 Å². The summed E-state index contributed by atoms with van der Waals surface area (Å²) in [5.74, 6) is 0.569. The molecule has 1 nitrogen and oxygen atoms in total. The fraction of sp³-hybridized carbons (Fsp3) is 0.364. The summed E-state index contributed by atoms with van der Waals surface area (Å²) in [5.41, 5.74) is 1.16. The number of ketones is 1. The van der Waals surface area contributed by atoms with E-state index < -0.39 is 0 Å². The van der Waals surface area contributed by atoms with Crippen LogP contribution in [-0.2, 0) is 4.79 Å². The predicted octanol–water partition coefficient (Wildman–Crippen LogP) is 3.03. The molecule has 0 amide bonds. The Labute approximate surface area is 87.3 Å². The number of hydrogen-bond donors (Lipinski definition) is 0. The average Bonchev–Trinajstić information content (AvgIpc) is 2.07. The van der Waals surface area contributed by atoms with Gasteiger partial charge in [0.2, 0.25) is 0 Å². The minimum Gasteiger partial charge on any atom is -0.295 e. The molecule has 0 aromatic heterocycles. The van der Waals surface area contributed by atoms with Crippen LogP contribution < -0.4 is 0 Å². The number of carbonyl (C=O) groups excluding carboxylic acids is 1. The fourth-order valence-corrected chi connectivity index (χ4v) is 1.68. The van der Waals surface area contributed by atoms with E-state index in [1.165, 1.54) is 0 Å². The molecule has 0 aromatic rings. The zero-order valence-electron chi connectivity index (χ0n) is 7.83. The quantitative estimate of drug-likeness (QED) is 0.536. The van der Waals surface area contributed by atoms with Crippen LogP contribution in [0.25, 0.3) is 0 Å². The molecule has 13 heavy (non-hydrogen) atoms. The maximum atomic E-state index is 10.7. The number of hydrogen-bond acceptors (Lipinski definition) is 1. The van der Waals surface area contributed by atoms with Crippen molar-refractivity contribution in [1.29, 1.82) is 0 Å². The van der Waals surface area contributed by atoms with Crippen molar-refractivity contribution in [3.05, 3.63) is 36.0 Å². The monoisotopic (exact) mass is 240 g/mol. The molecule has 2 heteroatoms. The Hall–Kier alpha value is -0.630. The van der Waals surface area contributed by atoms with Crippen LogP contribution in [-0.4, -0.2) is 10.6 Å². The standard InChI is InChI=1S/C11H13BrO/c1-8-4-3-5-10(11(8)12)7-6-9(2)13/h3-8,11H,1-2H3/b7-6+. The normalized spacial score (nSPS) is 27.8. The van der Waals surface area contributed by atoms with Crippen LogP contribution in [0.15, 0.2) is 36.0 Å². The van der Waals surface area contributed by atoms with Crippen molar-refractivity contribution >= 4 is 21.7 Å². The molecule has 1 aliphatic rings. The lowest BCUT2D eigenvalue weighted by Crippen LogP contribution is -2.13. The van der Waals surface area contributed by atoms with Crippen LogP contribution in [0, 0.1) is 5.92 Å². The second kappa shape index (κ2) is 4.56. The van der Waals surface area contributed by atoms with Gasteiger partial charge in [0, 0.05) is 4.83 Å². The van der Waals surface area contributed by atoms with E-state index in [1.807, 2.05) is 18.2 Å². The van der Waals surface area contributed by atoms with E-state index in [0.717, 1.165) is 5.57 Å². The van der Waals surface area contributed by atoms with Gasteiger partial charge < -0.3 is 0 Å². The van der Waals surface area contributed by atoms with Crippen LogP contribution >= 0.6 is 15.9 Å². The summed E-state index contributed by atoms with van der Waals surface area (Å²) in [7, 11) is 0. The zero-order valence-corrected chi connectivity index (χ0v) is 9.41. The van der Waals surface area contributed by atoms with Gasteiger partial charge in [-0.3, -0.25) is 4.79 Å². The fourth-order valence-electron chi connectivity index (χ4n) is 1.20. The number of halogens is 1. The molecule has 0 aromatic carbocycles. The highest BCUT2D eigenvalue weighted by atomic mass is 79.9. The van der Waals surface area contributed by atoms with Gasteiger partial charge >= 0.3 is 0 Å². The van der Waals surface area contributed by atoms with E-state index in [0.29, 0.717) is 10.7 Å². The van der Waals surface area contributed by atoms with E-state index in [1.54, 1.807) is 13.0 Å². The molecule has 0 saturated heterocycles. The van der Waals surface area contributed by atoms with E-state index >= 15 is 0 Å². The zero-order chi connectivity index (χ0) is 9.84. The van der Waals surface area contributed by atoms with Gasteiger partial charge in [-0.2, -0.15) is 0 Å². The molecule has 0 heterocycles. The predicted molar refractivity (Wildman–Crippen MR) is 58.9 cm³/mol. The van der Waals surface area contributed by atoms with Crippen molar-refractivity contribution in [2.75, 3.05) is 0 Å². The highest BCUT2D eigenvalue weighted by molar-refractivity contribution is 9.09. The van der Waals surface area contributed by atoms with Crippen LogP contribution in [0.2, 0.25) is 0 Å². The highest BCUT2D eigenvalue weighted by Gasteiger charge is 2.16. The summed E-state index contributed by atoms with van der Waals surface area (Å²) in [6.07, 6.45) is 9.68. The first kappa shape index (κ1) is 10.5.